The van der Waals surface area contributed by atoms with Crippen molar-refractivity contribution in [2.24, 2.45) is 0 Å². The molecule has 21 heavy (non-hydrogen) atoms. The van der Waals surface area contributed by atoms with E-state index in [2.05, 4.69) is 16.7 Å². The number of aryl methyl sites for hydroxylation is 1. The number of nitrogens with zero attached hydrogens (tertiary/aromatic N) is 1. The topological polar surface area (TPSA) is 64.9 Å². The minimum atomic E-state index is -0.118. The number of hydrogen-bond donors (Lipinski definition) is 2. The normalized spacial score (nSPS) is 9.76. The third-order valence-corrected chi connectivity index (χ3v) is 3.23. The lowest BCUT2D eigenvalue weighted by Gasteiger charge is -2.11. The molecule has 0 aliphatic rings. The Morgan fingerprint density at radius 1 is 1.19 bits per heavy atom. The number of anilines is 1. The van der Waals surface area contributed by atoms with Gasteiger partial charge in [0.1, 0.15) is 0 Å². The van der Waals surface area contributed by atoms with Crippen molar-refractivity contribution in [3.05, 3.63) is 64.7 Å². The highest BCUT2D eigenvalue weighted by Gasteiger charge is 2.10. The smallest absolute Gasteiger partial charge is 0.253 e. The number of carbonyl (C=O) groups excluding carboxylic acids is 1. The van der Waals surface area contributed by atoms with Gasteiger partial charge in [0.2, 0.25) is 0 Å². The molecule has 0 heterocycles. The monoisotopic (exact) mass is 279 g/mol. The van der Waals surface area contributed by atoms with Crippen LogP contribution in [0.2, 0.25) is 0 Å². The van der Waals surface area contributed by atoms with Crippen molar-refractivity contribution >= 4 is 11.6 Å². The van der Waals surface area contributed by atoms with Crippen molar-refractivity contribution < 1.29 is 4.79 Å². The predicted octanol–water partition coefficient (Wildman–Crippen LogP) is 2.84. The first-order chi connectivity index (χ1) is 10.1. The average Bonchev–Trinajstić information content (AvgIpc) is 2.53. The Bertz CT molecular complexity index is 684. The summed E-state index contributed by atoms with van der Waals surface area (Å²) in [6, 6.07) is 15.0. The fraction of sp³-hybridized carbons (Fsp3) is 0.176. The Morgan fingerprint density at radius 3 is 2.52 bits per heavy atom. The van der Waals surface area contributed by atoms with Crippen LogP contribution in [0.5, 0.6) is 0 Å². The van der Waals surface area contributed by atoms with Crippen LogP contribution in [0.15, 0.2) is 42.5 Å². The van der Waals surface area contributed by atoms with Crippen LogP contribution in [0.4, 0.5) is 5.69 Å². The molecule has 0 fully saturated rings. The Morgan fingerprint density at radius 2 is 1.90 bits per heavy atom. The molecule has 2 aromatic carbocycles. The second kappa shape index (κ2) is 6.58. The number of benzene rings is 2. The summed E-state index contributed by atoms with van der Waals surface area (Å²) in [5, 5.41) is 14.7. The highest BCUT2D eigenvalue weighted by molar-refractivity contribution is 5.99. The lowest BCUT2D eigenvalue weighted by atomic mass is 10.1. The zero-order chi connectivity index (χ0) is 15.2. The van der Waals surface area contributed by atoms with Gasteiger partial charge >= 0.3 is 0 Å². The summed E-state index contributed by atoms with van der Waals surface area (Å²) >= 11 is 0. The molecule has 0 aliphatic heterocycles. The van der Waals surface area contributed by atoms with E-state index < -0.39 is 0 Å². The van der Waals surface area contributed by atoms with Crippen molar-refractivity contribution in [3.8, 4) is 6.07 Å². The average molecular weight is 279 g/mol. The summed E-state index contributed by atoms with van der Waals surface area (Å²) in [5.74, 6) is -0.118. The third kappa shape index (κ3) is 3.61. The number of rotatable bonds is 4. The molecule has 0 saturated carbocycles. The molecule has 0 atom stereocenters. The van der Waals surface area contributed by atoms with E-state index in [-0.39, 0.29) is 5.91 Å². The molecule has 0 bridgehead atoms. The van der Waals surface area contributed by atoms with Gasteiger partial charge in [0.05, 0.1) is 17.2 Å². The van der Waals surface area contributed by atoms with Gasteiger partial charge in [0.25, 0.3) is 5.91 Å². The van der Waals surface area contributed by atoms with Gasteiger partial charge in [-0.2, -0.15) is 5.26 Å². The van der Waals surface area contributed by atoms with Gasteiger partial charge < -0.3 is 10.6 Å². The lowest BCUT2D eigenvalue weighted by molar-refractivity contribution is 0.0951. The highest BCUT2D eigenvalue weighted by Crippen LogP contribution is 2.16. The minimum Gasteiger partial charge on any atom is -0.387 e. The maximum Gasteiger partial charge on any atom is 0.253 e. The van der Waals surface area contributed by atoms with Crippen molar-refractivity contribution in [1.82, 2.24) is 5.32 Å². The first-order valence-electron chi connectivity index (χ1n) is 6.69. The molecule has 0 unspecified atom stereocenters. The zero-order valence-electron chi connectivity index (χ0n) is 12.1. The van der Waals surface area contributed by atoms with Crippen LogP contribution in [0.3, 0.4) is 0 Å². The molecule has 2 aromatic rings. The summed E-state index contributed by atoms with van der Waals surface area (Å²) in [5.41, 5.74) is 4.05. The SMILES string of the molecule is CNc1ccc(C)cc1C(=O)NCc1ccc(C#N)cc1. The molecule has 0 aliphatic carbocycles. The van der Waals surface area contributed by atoms with E-state index in [9.17, 15) is 4.79 Å². The van der Waals surface area contributed by atoms with Gasteiger partial charge in [-0.3, -0.25) is 4.79 Å². The summed E-state index contributed by atoms with van der Waals surface area (Å²) < 4.78 is 0. The van der Waals surface area contributed by atoms with E-state index in [0.29, 0.717) is 17.7 Å². The van der Waals surface area contributed by atoms with Crippen LogP contribution in [0.25, 0.3) is 0 Å². The number of hydrogen-bond acceptors (Lipinski definition) is 3. The molecule has 2 N–H and O–H groups in total. The Labute approximate surface area is 124 Å². The van der Waals surface area contributed by atoms with Crippen molar-refractivity contribution in [1.29, 1.82) is 5.26 Å². The molecule has 106 valence electrons. The quantitative estimate of drug-likeness (QED) is 0.904. The highest BCUT2D eigenvalue weighted by atomic mass is 16.1. The molecular weight excluding hydrogens is 262 g/mol. The van der Waals surface area contributed by atoms with Gasteiger partial charge in [0, 0.05) is 19.3 Å². The van der Waals surface area contributed by atoms with Gasteiger partial charge in [-0.15, -0.1) is 0 Å². The third-order valence-electron chi connectivity index (χ3n) is 3.23. The van der Waals surface area contributed by atoms with Gasteiger partial charge in [-0.25, -0.2) is 0 Å². The summed E-state index contributed by atoms with van der Waals surface area (Å²) in [6.45, 7) is 2.39. The van der Waals surface area contributed by atoms with E-state index in [1.807, 2.05) is 37.3 Å². The first-order valence-corrected chi connectivity index (χ1v) is 6.69. The Balaban J connectivity index is 2.08. The van der Waals surface area contributed by atoms with Crippen LogP contribution in [-0.2, 0) is 6.54 Å². The zero-order valence-corrected chi connectivity index (χ0v) is 12.1. The second-order valence-corrected chi connectivity index (χ2v) is 4.79. The molecule has 1 amide bonds. The Hall–Kier alpha value is -2.80. The number of nitriles is 1. The molecule has 0 radical (unpaired) electrons. The molecule has 0 aromatic heterocycles. The van der Waals surface area contributed by atoms with Gasteiger partial charge in [-0.1, -0.05) is 23.8 Å². The molecule has 0 spiro atoms. The van der Waals surface area contributed by atoms with Crippen molar-refractivity contribution in [2.75, 3.05) is 12.4 Å². The van der Waals surface area contributed by atoms with E-state index >= 15 is 0 Å². The van der Waals surface area contributed by atoms with E-state index in [1.165, 1.54) is 0 Å². The van der Waals surface area contributed by atoms with Gasteiger partial charge in [-0.05, 0) is 36.8 Å². The maximum absolute atomic E-state index is 12.3. The molecule has 4 heteroatoms. The predicted molar refractivity (Wildman–Crippen MR) is 83.1 cm³/mol. The second-order valence-electron chi connectivity index (χ2n) is 4.79. The van der Waals surface area contributed by atoms with Crippen LogP contribution in [0.1, 0.15) is 27.0 Å². The maximum atomic E-state index is 12.3. The van der Waals surface area contributed by atoms with Crippen LogP contribution < -0.4 is 10.6 Å². The lowest BCUT2D eigenvalue weighted by Crippen LogP contribution is -2.23. The molecule has 0 saturated heterocycles. The van der Waals surface area contributed by atoms with E-state index in [4.69, 9.17) is 5.26 Å². The number of carbonyl (C=O) groups is 1. The number of amides is 1. The van der Waals surface area contributed by atoms with Gasteiger partial charge in [0.15, 0.2) is 0 Å². The van der Waals surface area contributed by atoms with E-state index in [0.717, 1.165) is 16.8 Å². The van der Waals surface area contributed by atoms with Crippen molar-refractivity contribution in [2.45, 2.75) is 13.5 Å². The summed E-state index contributed by atoms with van der Waals surface area (Å²) in [7, 11) is 1.79. The molecule has 2 rings (SSSR count). The summed E-state index contributed by atoms with van der Waals surface area (Å²) in [4.78, 5) is 12.3. The minimum absolute atomic E-state index is 0.118. The van der Waals surface area contributed by atoms with Crippen LogP contribution in [0, 0.1) is 18.3 Å². The van der Waals surface area contributed by atoms with Crippen LogP contribution in [-0.4, -0.2) is 13.0 Å². The standard InChI is InChI=1S/C17H17N3O/c1-12-3-8-16(19-2)15(9-12)17(21)20-11-14-6-4-13(10-18)5-7-14/h3-9,19H,11H2,1-2H3,(H,20,21). The Kier molecular flexibility index (Phi) is 4.57. The van der Waals surface area contributed by atoms with Crippen molar-refractivity contribution in [3.63, 3.8) is 0 Å². The molecule has 4 nitrogen and oxygen atoms in total. The number of nitrogens with one attached hydrogen (secondary N) is 2. The fourth-order valence-corrected chi connectivity index (χ4v) is 2.04. The molecular formula is C17H17N3O. The first kappa shape index (κ1) is 14.6. The van der Waals surface area contributed by atoms with E-state index in [1.54, 1.807) is 19.2 Å². The largest absolute Gasteiger partial charge is 0.387 e. The van der Waals surface area contributed by atoms with Crippen LogP contribution >= 0.6 is 0 Å². The summed E-state index contributed by atoms with van der Waals surface area (Å²) in [6.07, 6.45) is 0. The fourth-order valence-electron chi connectivity index (χ4n) is 2.04.